The van der Waals surface area contributed by atoms with E-state index in [9.17, 15) is 13.6 Å². The minimum atomic E-state index is -2.96. The molecule has 1 aromatic rings. The van der Waals surface area contributed by atoms with Gasteiger partial charge in [-0.2, -0.15) is 5.26 Å². The van der Waals surface area contributed by atoms with E-state index in [2.05, 4.69) is 4.98 Å². The Balaban J connectivity index is 3.39. The summed E-state index contributed by atoms with van der Waals surface area (Å²) in [4.78, 5) is 13.9. The van der Waals surface area contributed by atoms with E-state index in [0.29, 0.717) is 0 Å². The number of nitriles is 1. The Morgan fingerprint density at radius 3 is 2.75 bits per heavy atom. The normalized spacial score (nSPS) is 10.2. The van der Waals surface area contributed by atoms with E-state index in [1.54, 1.807) is 0 Å². The van der Waals surface area contributed by atoms with E-state index >= 15 is 0 Å². The number of carboxylic acid groups (broad SMARTS) is 1. The van der Waals surface area contributed by atoms with Crippen LogP contribution in [0.1, 0.15) is 23.2 Å². The topological polar surface area (TPSA) is 74.0 Å². The number of carboxylic acids is 1. The summed E-state index contributed by atoms with van der Waals surface area (Å²) in [7, 11) is 0. The van der Waals surface area contributed by atoms with Crippen molar-refractivity contribution in [3.05, 3.63) is 28.0 Å². The van der Waals surface area contributed by atoms with E-state index < -0.39 is 30.1 Å². The van der Waals surface area contributed by atoms with Crippen LogP contribution in [-0.2, 0) is 11.2 Å². The second-order valence-electron chi connectivity index (χ2n) is 2.85. The van der Waals surface area contributed by atoms with Crippen molar-refractivity contribution < 1.29 is 18.7 Å². The summed E-state index contributed by atoms with van der Waals surface area (Å²) < 4.78 is 25.3. The number of aliphatic carboxylic acids is 1. The quantitative estimate of drug-likeness (QED) is 0.830. The van der Waals surface area contributed by atoms with Gasteiger partial charge >= 0.3 is 5.97 Å². The minimum Gasteiger partial charge on any atom is -0.481 e. The Kier molecular flexibility index (Phi) is 3.74. The molecule has 0 radical (unpaired) electrons. The lowest BCUT2D eigenvalue weighted by Gasteiger charge is -2.08. The van der Waals surface area contributed by atoms with Crippen LogP contribution in [0.15, 0.2) is 6.07 Å². The summed E-state index contributed by atoms with van der Waals surface area (Å²) in [6.45, 7) is 0. The third-order valence-corrected chi connectivity index (χ3v) is 1.97. The zero-order valence-corrected chi connectivity index (χ0v) is 8.50. The molecule has 1 rings (SSSR count). The van der Waals surface area contributed by atoms with Gasteiger partial charge in [-0.1, -0.05) is 11.6 Å². The van der Waals surface area contributed by atoms with Gasteiger partial charge in [-0.05, 0) is 11.6 Å². The lowest BCUT2D eigenvalue weighted by molar-refractivity contribution is -0.136. The number of alkyl halides is 2. The molecule has 1 N–H and O–H groups in total. The highest BCUT2D eigenvalue weighted by molar-refractivity contribution is 6.29. The van der Waals surface area contributed by atoms with Crippen LogP contribution in [0.25, 0.3) is 0 Å². The monoisotopic (exact) mass is 246 g/mol. The maximum atomic E-state index is 12.6. The van der Waals surface area contributed by atoms with Crippen molar-refractivity contribution in [2.75, 3.05) is 0 Å². The second kappa shape index (κ2) is 4.86. The van der Waals surface area contributed by atoms with Crippen LogP contribution in [0.2, 0.25) is 5.15 Å². The largest absolute Gasteiger partial charge is 0.481 e. The zero-order valence-electron chi connectivity index (χ0n) is 7.75. The van der Waals surface area contributed by atoms with Crippen LogP contribution in [0, 0.1) is 11.3 Å². The molecule has 0 aliphatic rings. The number of nitrogens with zero attached hydrogens (tertiary/aromatic N) is 2. The Morgan fingerprint density at radius 1 is 1.69 bits per heavy atom. The molecule has 16 heavy (non-hydrogen) atoms. The van der Waals surface area contributed by atoms with Gasteiger partial charge in [0.1, 0.15) is 11.2 Å². The van der Waals surface area contributed by atoms with E-state index in [1.165, 1.54) is 6.07 Å². The number of rotatable bonds is 3. The molecule has 0 atom stereocenters. The first-order chi connectivity index (χ1) is 7.45. The third-order valence-electron chi connectivity index (χ3n) is 1.78. The van der Waals surface area contributed by atoms with E-state index in [1.807, 2.05) is 0 Å². The summed E-state index contributed by atoms with van der Waals surface area (Å²) in [5, 5.41) is 17.0. The fourth-order valence-corrected chi connectivity index (χ4v) is 1.43. The first kappa shape index (κ1) is 12.3. The van der Waals surface area contributed by atoms with Crippen LogP contribution in [0.4, 0.5) is 8.78 Å². The smallest absolute Gasteiger partial charge is 0.307 e. The fourth-order valence-electron chi connectivity index (χ4n) is 1.21. The van der Waals surface area contributed by atoms with Gasteiger partial charge in [-0.15, -0.1) is 0 Å². The maximum absolute atomic E-state index is 12.6. The lowest BCUT2D eigenvalue weighted by Crippen LogP contribution is -2.07. The number of hydrogen-bond donors (Lipinski definition) is 1. The molecular formula is C9H5ClF2N2O2. The van der Waals surface area contributed by atoms with Gasteiger partial charge in [-0.3, -0.25) is 4.79 Å². The first-order valence-electron chi connectivity index (χ1n) is 4.05. The highest BCUT2D eigenvalue weighted by atomic mass is 35.5. The van der Waals surface area contributed by atoms with Crippen molar-refractivity contribution in [2.24, 2.45) is 0 Å². The highest BCUT2D eigenvalue weighted by Crippen LogP contribution is 2.27. The third kappa shape index (κ3) is 2.64. The van der Waals surface area contributed by atoms with Crippen LogP contribution < -0.4 is 0 Å². The summed E-state index contributed by atoms with van der Waals surface area (Å²) in [5.74, 6) is -1.28. The maximum Gasteiger partial charge on any atom is 0.307 e. The summed E-state index contributed by atoms with van der Waals surface area (Å²) in [6, 6.07) is 2.49. The van der Waals surface area contributed by atoms with Crippen molar-refractivity contribution in [1.29, 1.82) is 5.26 Å². The molecule has 7 heteroatoms. The van der Waals surface area contributed by atoms with Gasteiger partial charge in [0.2, 0.25) is 0 Å². The molecule has 0 fully saturated rings. The molecule has 0 saturated heterocycles. The summed E-state index contributed by atoms with van der Waals surface area (Å²) in [5.41, 5.74) is -1.41. The second-order valence-corrected chi connectivity index (χ2v) is 3.24. The average Bonchev–Trinajstić information content (AvgIpc) is 2.14. The molecule has 0 aromatic carbocycles. The van der Waals surface area contributed by atoms with Crippen molar-refractivity contribution in [3.8, 4) is 6.07 Å². The SMILES string of the molecule is N#Cc1nc(Cl)cc(CC(=O)O)c1C(F)F. The van der Waals surface area contributed by atoms with Gasteiger partial charge in [-0.25, -0.2) is 13.8 Å². The number of carbonyl (C=O) groups is 1. The molecule has 0 unspecified atom stereocenters. The highest BCUT2D eigenvalue weighted by Gasteiger charge is 2.21. The van der Waals surface area contributed by atoms with Gasteiger partial charge < -0.3 is 5.11 Å². The van der Waals surface area contributed by atoms with Gasteiger partial charge in [0.05, 0.1) is 12.0 Å². The van der Waals surface area contributed by atoms with Crippen LogP contribution in [0.3, 0.4) is 0 Å². The summed E-state index contributed by atoms with van der Waals surface area (Å²) in [6.07, 6.45) is -3.59. The Hall–Kier alpha value is -1.74. The van der Waals surface area contributed by atoms with E-state index in [0.717, 1.165) is 6.07 Å². The molecule has 0 bridgehead atoms. The van der Waals surface area contributed by atoms with Gasteiger partial charge in [0.25, 0.3) is 6.43 Å². The lowest BCUT2D eigenvalue weighted by atomic mass is 10.0. The Morgan fingerprint density at radius 2 is 2.31 bits per heavy atom. The molecule has 0 aliphatic carbocycles. The number of halogens is 3. The van der Waals surface area contributed by atoms with E-state index in [-0.39, 0.29) is 10.7 Å². The molecule has 0 spiro atoms. The molecule has 1 heterocycles. The zero-order chi connectivity index (χ0) is 12.3. The predicted octanol–water partition coefficient (Wildman–Crippen LogP) is 2.17. The van der Waals surface area contributed by atoms with E-state index in [4.69, 9.17) is 22.0 Å². The molecule has 84 valence electrons. The summed E-state index contributed by atoms with van der Waals surface area (Å²) >= 11 is 5.49. The first-order valence-corrected chi connectivity index (χ1v) is 4.43. The predicted molar refractivity (Wildman–Crippen MR) is 50.3 cm³/mol. The van der Waals surface area contributed by atoms with Crippen LogP contribution >= 0.6 is 11.6 Å². The number of pyridine rings is 1. The van der Waals surface area contributed by atoms with Gasteiger partial charge in [0, 0.05) is 0 Å². The molecule has 0 aliphatic heterocycles. The molecule has 1 aromatic heterocycles. The van der Waals surface area contributed by atoms with Gasteiger partial charge in [0.15, 0.2) is 5.69 Å². The molecule has 4 nitrogen and oxygen atoms in total. The van der Waals surface area contributed by atoms with Crippen molar-refractivity contribution in [1.82, 2.24) is 4.98 Å². The molecule has 0 saturated carbocycles. The minimum absolute atomic E-state index is 0.183. The van der Waals surface area contributed by atoms with Crippen molar-refractivity contribution in [3.63, 3.8) is 0 Å². The van der Waals surface area contributed by atoms with Crippen molar-refractivity contribution in [2.45, 2.75) is 12.8 Å². The van der Waals surface area contributed by atoms with Crippen LogP contribution in [-0.4, -0.2) is 16.1 Å². The van der Waals surface area contributed by atoms with Crippen LogP contribution in [0.5, 0.6) is 0 Å². The Bertz CT molecular complexity index is 471. The fraction of sp³-hybridized carbons (Fsp3) is 0.222. The average molecular weight is 247 g/mol. The Labute approximate surface area is 94.1 Å². The number of hydrogen-bond acceptors (Lipinski definition) is 3. The number of aromatic nitrogens is 1. The molecular weight excluding hydrogens is 242 g/mol. The van der Waals surface area contributed by atoms with Crippen molar-refractivity contribution >= 4 is 17.6 Å². The molecule has 0 amide bonds. The standard InChI is InChI=1S/C9H5ClF2N2O2/c10-6-1-4(2-7(15)16)8(9(11)12)5(3-13)14-6/h1,9H,2H2,(H,15,16).